The molecule has 0 aliphatic rings. The molecular formula is C8H5BrF2N2O2. The number of halogens is 3. The van der Waals surface area contributed by atoms with Crippen molar-refractivity contribution in [3.63, 3.8) is 0 Å². The number of nitrogens with zero attached hydrogens (tertiary/aromatic N) is 1. The molecule has 0 aliphatic carbocycles. The smallest absolute Gasteiger partial charge is 0.270 e. The standard InChI is InChI=1S/C8H5BrF2N2O2/c9-5-1-4(10)2-6(8(5)11)13-7(14)3-12-15/h1-3,15H,(H,13,14)/b12-3-. The minimum Gasteiger partial charge on any atom is -0.411 e. The van der Waals surface area contributed by atoms with Gasteiger partial charge in [-0.3, -0.25) is 4.79 Å². The summed E-state index contributed by atoms with van der Waals surface area (Å²) in [6.45, 7) is 0. The van der Waals surface area contributed by atoms with Gasteiger partial charge in [-0.2, -0.15) is 0 Å². The third-order valence-corrected chi connectivity index (χ3v) is 2.00. The lowest BCUT2D eigenvalue weighted by atomic mass is 10.3. The van der Waals surface area contributed by atoms with Gasteiger partial charge >= 0.3 is 0 Å². The monoisotopic (exact) mass is 278 g/mol. The number of anilines is 1. The second-order valence-corrected chi connectivity index (χ2v) is 3.34. The van der Waals surface area contributed by atoms with Crippen LogP contribution in [0.4, 0.5) is 14.5 Å². The van der Waals surface area contributed by atoms with Crippen LogP contribution in [0.15, 0.2) is 21.8 Å². The van der Waals surface area contributed by atoms with Crippen LogP contribution in [0.3, 0.4) is 0 Å². The highest BCUT2D eigenvalue weighted by molar-refractivity contribution is 9.10. The van der Waals surface area contributed by atoms with E-state index in [-0.39, 0.29) is 10.2 Å². The van der Waals surface area contributed by atoms with Crippen LogP contribution in [0.2, 0.25) is 0 Å². The summed E-state index contributed by atoms with van der Waals surface area (Å²) in [5.41, 5.74) is -0.341. The number of rotatable bonds is 2. The number of hydrogen-bond donors (Lipinski definition) is 2. The quantitative estimate of drug-likeness (QED) is 0.377. The lowest BCUT2D eigenvalue weighted by Gasteiger charge is -2.04. The summed E-state index contributed by atoms with van der Waals surface area (Å²) in [4.78, 5) is 10.9. The van der Waals surface area contributed by atoms with Crippen LogP contribution in [0, 0.1) is 11.6 Å². The number of hydrogen-bond acceptors (Lipinski definition) is 3. The van der Waals surface area contributed by atoms with Gasteiger partial charge in [-0.15, -0.1) is 0 Å². The average molecular weight is 279 g/mol. The van der Waals surface area contributed by atoms with E-state index in [1.54, 1.807) is 0 Å². The first-order chi connectivity index (χ1) is 7.04. The summed E-state index contributed by atoms with van der Waals surface area (Å²) in [6.07, 6.45) is 0.526. The highest BCUT2D eigenvalue weighted by atomic mass is 79.9. The van der Waals surface area contributed by atoms with Gasteiger partial charge in [-0.1, -0.05) is 5.16 Å². The van der Waals surface area contributed by atoms with Crippen LogP contribution >= 0.6 is 15.9 Å². The molecule has 2 N–H and O–H groups in total. The molecule has 0 saturated carbocycles. The molecular weight excluding hydrogens is 274 g/mol. The fourth-order valence-electron chi connectivity index (χ4n) is 0.864. The van der Waals surface area contributed by atoms with Crippen LogP contribution in [-0.2, 0) is 4.79 Å². The molecule has 4 nitrogen and oxygen atoms in total. The average Bonchev–Trinajstić information content (AvgIpc) is 2.13. The lowest BCUT2D eigenvalue weighted by Crippen LogP contribution is -2.14. The maximum absolute atomic E-state index is 13.2. The lowest BCUT2D eigenvalue weighted by molar-refractivity contribution is -0.110. The molecule has 0 bridgehead atoms. The largest absolute Gasteiger partial charge is 0.411 e. The van der Waals surface area contributed by atoms with Gasteiger partial charge in [0.05, 0.1) is 10.2 Å². The predicted molar refractivity (Wildman–Crippen MR) is 53.0 cm³/mol. The van der Waals surface area contributed by atoms with Crippen LogP contribution in [0.25, 0.3) is 0 Å². The van der Waals surface area contributed by atoms with E-state index in [1.165, 1.54) is 0 Å². The first-order valence-corrected chi connectivity index (χ1v) is 4.47. The number of benzene rings is 1. The Kier molecular flexibility index (Phi) is 3.73. The van der Waals surface area contributed by atoms with Gasteiger partial charge in [0.15, 0.2) is 5.82 Å². The Hall–Kier alpha value is -1.50. The first-order valence-electron chi connectivity index (χ1n) is 3.67. The van der Waals surface area contributed by atoms with Crippen molar-refractivity contribution in [1.82, 2.24) is 0 Å². The van der Waals surface area contributed by atoms with Crippen LogP contribution in [0.1, 0.15) is 0 Å². The van der Waals surface area contributed by atoms with Gasteiger partial charge in [-0.05, 0) is 22.0 Å². The summed E-state index contributed by atoms with van der Waals surface area (Å²) < 4.78 is 25.9. The van der Waals surface area contributed by atoms with Gasteiger partial charge in [0.2, 0.25) is 0 Å². The predicted octanol–water partition coefficient (Wildman–Crippen LogP) is 2.13. The van der Waals surface area contributed by atoms with Gasteiger partial charge in [-0.25, -0.2) is 8.78 Å². The van der Waals surface area contributed by atoms with Gasteiger partial charge in [0, 0.05) is 6.07 Å². The van der Waals surface area contributed by atoms with E-state index < -0.39 is 17.5 Å². The molecule has 1 aromatic carbocycles. The minimum absolute atomic E-state index is 0.112. The molecule has 15 heavy (non-hydrogen) atoms. The number of carbonyl (C=O) groups is 1. The maximum atomic E-state index is 13.2. The van der Waals surface area contributed by atoms with Crippen molar-refractivity contribution in [2.45, 2.75) is 0 Å². The molecule has 0 aromatic heterocycles. The van der Waals surface area contributed by atoms with Gasteiger partial charge in [0.25, 0.3) is 5.91 Å². The Morgan fingerprint density at radius 2 is 2.20 bits per heavy atom. The minimum atomic E-state index is -0.867. The van der Waals surface area contributed by atoms with Crippen LogP contribution in [0.5, 0.6) is 0 Å². The molecule has 1 rings (SSSR count). The third kappa shape index (κ3) is 2.98. The normalized spacial score (nSPS) is 10.6. The van der Waals surface area contributed by atoms with Crippen molar-refractivity contribution < 1.29 is 18.8 Å². The van der Waals surface area contributed by atoms with E-state index in [0.717, 1.165) is 12.1 Å². The fourth-order valence-corrected chi connectivity index (χ4v) is 1.30. The van der Waals surface area contributed by atoms with Crippen molar-refractivity contribution in [3.8, 4) is 0 Å². The second kappa shape index (κ2) is 4.83. The molecule has 7 heteroatoms. The molecule has 0 aliphatic heterocycles. The van der Waals surface area contributed by atoms with Crippen molar-refractivity contribution in [2.24, 2.45) is 5.16 Å². The van der Waals surface area contributed by atoms with E-state index in [1.807, 2.05) is 5.32 Å². The van der Waals surface area contributed by atoms with Crippen molar-refractivity contribution in [1.29, 1.82) is 0 Å². The van der Waals surface area contributed by atoms with Gasteiger partial charge < -0.3 is 10.5 Å². The number of nitrogens with one attached hydrogen (secondary N) is 1. The molecule has 0 fully saturated rings. The Balaban J connectivity index is 2.99. The zero-order valence-electron chi connectivity index (χ0n) is 7.17. The van der Waals surface area contributed by atoms with Crippen molar-refractivity contribution in [3.05, 3.63) is 28.2 Å². The highest BCUT2D eigenvalue weighted by Crippen LogP contribution is 2.24. The summed E-state index contributed by atoms with van der Waals surface area (Å²) >= 11 is 2.78. The molecule has 1 amide bonds. The molecule has 0 heterocycles. The van der Waals surface area contributed by atoms with E-state index in [9.17, 15) is 13.6 Å². The molecule has 0 spiro atoms. The van der Waals surface area contributed by atoms with E-state index >= 15 is 0 Å². The van der Waals surface area contributed by atoms with Crippen molar-refractivity contribution >= 4 is 33.7 Å². The zero-order chi connectivity index (χ0) is 11.4. The first kappa shape index (κ1) is 11.6. The Morgan fingerprint density at radius 1 is 1.53 bits per heavy atom. The van der Waals surface area contributed by atoms with Crippen LogP contribution < -0.4 is 5.32 Å². The molecule has 0 unspecified atom stereocenters. The summed E-state index contributed by atoms with van der Waals surface area (Å²) in [5, 5.41) is 12.5. The molecule has 80 valence electrons. The number of amides is 1. The van der Waals surface area contributed by atoms with Crippen molar-refractivity contribution in [2.75, 3.05) is 5.32 Å². The Morgan fingerprint density at radius 3 is 2.80 bits per heavy atom. The van der Waals surface area contributed by atoms with E-state index in [0.29, 0.717) is 6.21 Å². The molecule has 1 aromatic rings. The maximum Gasteiger partial charge on any atom is 0.270 e. The SMILES string of the molecule is O=C(/C=N\O)Nc1cc(F)cc(Br)c1F. The van der Waals surface area contributed by atoms with E-state index in [4.69, 9.17) is 5.21 Å². The Labute approximate surface area is 91.7 Å². The zero-order valence-corrected chi connectivity index (χ0v) is 8.75. The topological polar surface area (TPSA) is 61.7 Å². The highest BCUT2D eigenvalue weighted by Gasteiger charge is 2.10. The molecule has 0 saturated heterocycles. The summed E-state index contributed by atoms with van der Waals surface area (Å²) in [7, 11) is 0. The van der Waals surface area contributed by atoms with Crippen LogP contribution in [-0.4, -0.2) is 17.3 Å². The Bertz CT molecular complexity index is 423. The summed E-state index contributed by atoms with van der Waals surface area (Å²) in [6, 6.07) is 1.73. The number of carbonyl (C=O) groups excluding carboxylic acids is 1. The second-order valence-electron chi connectivity index (χ2n) is 2.48. The third-order valence-electron chi connectivity index (χ3n) is 1.43. The van der Waals surface area contributed by atoms with Gasteiger partial charge in [0.1, 0.15) is 12.0 Å². The molecule has 0 radical (unpaired) electrons. The number of oxime groups is 1. The molecule has 0 atom stereocenters. The van der Waals surface area contributed by atoms with E-state index in [2.05, 4.69) is 21.1 Å². The summed E-state index contributed by atoms with van der Waals surface area (Å²) in [5.74, 6) is -2.38. The fraction of sp³-hybridized carbons (Fsp3) is 0.